The average molecular weight is 307 g/mol. The zero-order valence-electron chi connectivity index (χ0n) is 12.0. The maximum absolute atomic E-state index is 12.2. The van der Waals surface area contributed by atoms with Crippen molar-refractivity contribution in [2.24, 2.45) is 5.92 Å². The third-order valence-corrected chi connectivity index (χ3v) is 6.34. The summed E-state index contributed by atoms with van der Waals surface area (Å²) in [6.07, 6.45) is 4.07. The second kappa shape index (κ2) is 5.79. The van der Waals surface area contributed by atoms with Crippen LogP contribution in [0, 0.1) is 5.92 Å². The monoisotopic (exact) mass is 307 g/mol. The Balaban J connectivity index is 1.61. The molecule has 1 amide bonds. The van der Waals surface area contributed by atoms with Gasteiger partial charge in [0.25, 0.3) is 0 Å². The predicted octanol–water partition coefficient (Wildman–Crippen LogP) is 2.00. The second-order valence-corrected chi connectivity index (χ2v) is 8.41. The molecule has 0 saturated carbocycles. The van der Waals surface area contributed by atoms with Gasteiger partial charge < -0.3 is 5.32 Å². The zero-order valence-corrected chi connectivity index (χ0v) is 12.9. The first kappa shape index (κ1) is 14.6. The molecular formula is C16H21NO3S. The molecule has 2 atom stereocenters. The van der Waals surface area contributed by atoms with Gasteiger partial charge in [0.1, 0.15) is 0 Å². The van der Waals surface area contributed by atoms with Crippen molar-refractivity contribution in [1.82, 2.24) is 5.32 Å². The molecule has 0 unspecified atom stereocenters. The Kier molecular flexibility index (Phi) is 4.02. The highest BCUT2D eigenvalue weighted by atomic mass is 32.2. The van der Waals surface area contributed by atoms with Crippen molar-refractivity contribution in [3.05, 3.63) is 35.4 Å². The van der Waals surface area contributed by atoms with Crippen molar-refractivity contribution in [1.29, 1.82) is 0 Å². The van der Waals surface area contributed by atoms with Crippen LogP contribution in [0.15, 0.2) is 24.3 Å². The van der Waals surface area contributed by atoms with Crippen LogP contribution >= 0.6 is 0 Å². The highest BCUT2D eigenvalue weighted by molar-refractivity contribution is 7.91. The van der Waals surface area contributed by atoms with Crippen LogP contribution < -0.4 is 5.32 Å². The lowest BCUT2D eigenvalue weighted by Gasteiger charge is -2.26. The van der Waals surface area contributed by atoms with Crippen LogP contribution in [0.5, 0.6) is 0 Å². The molecule has 0 aromatic heterocycles. The summed E-state index contributed by atoms with van der Waals surface area (Å²) >= 11 is 0. The van der Waals surface area contributed by atoms with E-state index in [0.717, 1.165) is 19.3 Å². The van der Waals surface area contributed by atoms with Crippen LogP contribution in [0.1, 0.15) is 42.9 Å². The summed E-state index contributed by atoms with van der Waals surface area (Å²) in [4.78, 5) is 12.2. The molecule has 5 heteroatoms. The minimum atomic E-state index is -2.90. The van der Waals surface area contributed by atoms with E-state index in [2.05, 4.69) is 17.4 Å². The summed E-state index contributed by atoms with van der Waals surface area (Å²) in [7, 11) is -2.90. The highest BCUT2D eigenvalue weighted by Gasteiger charge is 2.30. The van der Waals surface area contributed by atoms with Crippen LogP contribution in [-0.4, -0.2) is 25.8 Å². The van der Waals surface area contributed by atoms with Gasteiger partial charge in [-0.25, -0.2) is 8.42 Å². The molecule has 1 fully saturated rings. The Morgan fingerprint density at radius 2 is 2.05 bits per heavy atom. The summed E-state index contributed by atoms with van der Waals surface area (Å²) in [5.41, 5.74) is 2.54. The van der Waals surface area contributed by atoms with Crippen LogP contribution in [0.25, 0.3) is 0 Å². The Hall–Kier alpha value is -1.36. The fraction of sp³-hybridized carbons (Fsp3) is 0.562. The van der Waals surface area contributed by atoms with E-state index in [1.807, 2.05) is 12.1 Å². The van der Waals surface area contributed by atoms with Gasteiger partial charge in [-0.2, -0.15) is 0 Å². The second-order valence-electron chi connectivity index (χ2n) is 6.18. The number of aryl methyl sites for hydroxylation is 1. The van der Waals surface area contributed by atoms with Gasteiger partial charge in [-0.1, -0.05) is 24.3 Å². The molecule has 1 aliphatic heterocycles. The van der Waals surface area contributed by atoms with Gasteiger partial charge in [-0.3, -0.25) is 4.79 Å². The average Bonchev–Trinajstić information content (AvgIpc) is 2.78. The molecule has 0 radical (unpaired) electrons. The van der Waals surface area contributed by atoms with Gasteiger partial charge in [0, 0.05) is 6.42 Å². The molecule has 1 heterocycles. The van der Waals surface area contributed by atoms with Gasteiger partial charge in [0.05, 0.1) is 17.5 Å². The van der Waals surface area contributed by atoms with E-state index >= 15 is 0 Å². The van der Waals surface area contributed by atoms with Crippen molar-refractivity contribution in [3.63, 3.8) is 0 Å². The number of carbonyl (C=O) groups excluding carboxylic acids is 1. The number of benzene rings is 1. The van der Waals surface area contributed by atoms with Crippen LogP contribution in [0.3, 0.4) is 0 Å². The Morgan fingerprint density at radius 3 is 2.81 bits per heavy atom. The molecule has 1 aromatic rings. The molecule has 1 aliphatic carbocycles. The van der Waals surface area contributed by atoms with Gasteiger partial charge in [0.15, 0.2) is 9.84 Å². The zero-order chi connectivity index (χ0) is 14.9. The van der Waals surface area contributed by atoms with Gasteiger partial charge in [-0.05, 0) is 42.7 Å². The fourth-order valence-corrected chi connectivity index (χ4v) is 5.31. The molecule has 114 valence electrons. The molecule has 1 saturated heterocycles. The Morgan fingerprint density at radius 1 is 1.24 bits per heavy atom. The van der Waals surface area contributed by atoms with Crippen LogP contribution in [0.4, 0.5) is 0 Å². The molecule has 21 heavy (non-hydrogen) atoms. The maximum atomic E-state index is 12.2. The first-order chi connectivity index (χ1) is 10.0. The van der Waals surface area contributed by atoms with Crippen molar-refractivity contribution in [2.75, 3.05) is 11.5 Å². The largest absolute Gasteiger partial charge is 0.349 e. The Labute approximate surface area is 125 Å². The maximum Gasteiger partial charge on any atom is 0.220 e. The normalized spacial score (nSPS) is 27.0. The number of hydrogen-bond acceptors (Lipinski definition) is 3. The van der Waals surface area contributed by atoms with E-state index in [9.17, 15) is 13.2 Å². The lowest BCUT2D eigenvalue weighted by atomic mass is 9.87. The number of fused-ring (bicyclic) bond motifs is 1. The quantitative estimate of drug-likeness (QED) is 0.929. The minimum Gasteiger partial charge on any atom is -0.349 e. The molecule has 4 nitrogen and oxygen atoms in total. The van der Waals surface area contributed by atoms with E-state index in [-0.39, 0.29) is 29.4 Å². The molecule has 1 aromatic carbocycles. The smallest absolute Gasteiger partial charge is 0.220 e. The predicted molar refractivity (Wildman–Crippen MR) is 81.6 cm³/mol. The van der Waals surface area contributed by atoms with Crippen molar-refractivity contribution >= 4 is 15.7 Å². The standard InChI is InChI=1S/C16H21NO3S/c18-16(10-12-8-9-21(19,20)11-12)17-15-7-3-5-13-4-1-2-6-14(13)15/h1-2,4,6,12,15H,3,5,7-11H2,(H,17,18)/t12-,15+/m0/s1. The molecule has 0 bridgehead atoms. The first-order valence-corrected chi connectivity index (χ1v) is 9.43. The first-order valence-electron chi connectivity index (χ1n) is 7.61. The molecule has 1 N–H and O–H groups in total. The SMILES string of the molecule is O=C(C[C@@H]1CCS(=O)(=O)C1)N[C@@H]1CCCc2ccccc21. The van der Waals surface area contributed by atoms with Crippen molar-refractivity contribution in [3.8, 4) is 0 Å². The summed E-state index contributed by atoms with van der Waals surface area (Å²) in [5, 5.41) is 3.10. The van der Waals surface area contributed by atoms with Crippen LogP contribution in [0.2, 0.25) is 0 Å². The summed E-state index contributed by atoms with van der Waals surface area (Å²) < 4.78 is 22.9. The Bertz CT molecular complexity index is 639. The van der Waals surface area contributed by atoms with Gasteiger partial charge >= 0.3 is 0 Å². The third kappa shape index (κ3) is 3.46. The number of carbonyl (C=O) groups is 1. The van der Waals surface area contributed by atoms with E-state index in [0.29, 0.717) is 12.8 Å². The minimum absolute atomic E-state index is 0.00571. The number of nitrogens with one attached hydrogen (secondary N) is 1. The molecule has 0 spiro atoms. The van der Waals surface area contributed by atoms with E-state index in [1.54, 1.807) is 0 Å². The summed E-state index contributed by atoms with van der Waals surface area (Å²) in [6, 6.07) is 8.33. The number of amides is 1. The molecule has 3 rings (SSSR count). The van der Waals surface area contributed by atoms with E-state index < -0.39 is 9.84 Å². The number of rotatable bonds is 3. The molecule has 2 aliphatic rings. The van der Waals surface area contributed by atoms with Gasteiger partial charge in [0.2, 0.25) is 5.91 Å². The van der Waals surface area contributed by atoms with Crippen LogP contribution in [-0.2, 0) is 21.1 Å². The van der Waals surface area contributed by atoms with Crippen molar-refractivity contribution < 1.29 is 13.2 Å². The highest BCUT2D eigenvalue weighted by Crippen LogP contribution is 2.30. The van der Waals surface area contributed by atoms with E-state index in [4.69, 9.17) is 0 Å². The summed E-state index contributed by atoms with van der Waals surface area (Å²) in [6.45, 7) is 0. The number of sulfone groups is 1. The number of hydrogen-bond donors (Lipinski definition) is 1. The van der Waals surface area contributed by atoms with Gasteiger partial charge in [-0.15, -0.1) is 0 Å². The lowest BCUT2D eigenvalue weighted by Crippen LogP contribution is -2.32. The lowest BCUT2D eigenvalue weighted by molar-refractivity contribution is -0.122. The molecular weight excluding hydrogens is 286 g/mol. The van der Waals surface area contributed by atoms with E-state index in [1.165, 1.54) is 11.1 Å². The van der Waals surface area contributed by atoms with Crippen molar-refractivity contribution in [2.45, 2.75) is 38.1 Å². The summed E-state index contributed by atoms with van der Waals surface area (Å²) in [5.74, 6) is 0.381. The third-order valence-electron chi connectivity index (χ3n) is 4.51. The topological polar surface area (TPSA) is 63.2 Å². The fourth-order valence-electron chi connectivity index (χ4n) is 3.45.